The molecule has 1 rings (SSSR count). The van der Waals surface area contributed by atoms with Gasteiger partial charge >= 0.3 is 5.97 Å². The van der Waals surface area contributed by atoms with Crippen LogP contribution in [0.1, 0.15) is 16.8 Å². The Balaban J connectivity index is 2.95. The Kier molecular flexibility index (Phi) is 4.38. The first-order chi connectivity index (χ1) is 8.47. The number of carbonyl (C=O) groups is 2. The predicted octanol–water partition coefficient (Wildman–Crippen LogP) is 1.17. The first-order valence-electron chi connectivity index (χ1n) is 4.88. The molecule has 0 spiro atoms. The van der Waals surface area contributed by atoms with Gasteiger partial charge < -0.3 is 10.4 Å². The molecule has 1 atom stereocenters. The lowest BCUT2D eigenvalue weighted by Gasteiger charge is -2.12. The number of hydrogen-bond acceptors (Lipinski definition) is 2. The number of terminal acetylenes is 1. The van der Waals surface area contributed by atoms with Crippen molar-refractivity contribution in [2.45, 2.75) is 12.5 Å². The molecule has 0 aliphatic heterocycles. The smallest absolute Gasteiger partial charge is 0.327 e. The van der Waals surface area contributed by atoms with E-state index in [-0.39, 0.29) is 6.42 Å². The summed E-state index contributed by atoms with van der Waals surface area (Å²) in [4.78, 5) is 22.3. The van der Waals surface area contributed by atoms with Crippen molar-refractivity contribution in [2.75, 3.05) is 0 Å². The summed E-state index contributed by atoms with van der Waals surface area (Å²) in [5.41, 5.74) is -0.833. The number of rotatable bonds is 4. The van der Waals surface area contributed by atoms with Gasteiger partial charge in [0.15, 0.2) is 0 Å². The predicted molar refractivity (Wildman–Crippen MR) is 58.7 cm³/mol. The van der Waals surface area contributed by atoms with Crippen LogP contribution in [0.3, 0.4) is 0 Å². The molecule has 1 unspecified atom stereocenters. The third kappa shape index (κ3) is 3.04. The second-order valence-electron chi connectivity index (χ2n) is 3.37. The minimum absolute atomic E-state index is 0.281. The van der Waals surface area contributed by atoms with Gasteiger partial charge in [0.25, 0.3) is 5.91 Å². The number of carbonyl (C=O) groups excluding carboxylic acids is 1. The zero-order chi connectivity index (χ0) is 13.7. The molecule has 0 aliphatic rings. The molecule has 0 aliphatic carbocycles. The largest absolute Gasteiger partial charge is 0.480 e. The molecule has 94 valence electrons. The molecule has 0 radical (unpaired) electrons. The van der Waals surface area contributed by atoms with Gasteiger partial charge in [-0.2, -0.15) is 0 Å². The summed E-state index contributed by atoms with van der Waals surface area (Å²) in [6.07, 6.45) is 4.65. The summed E-state index contributed by atoms with van der Waals surface area (Å²) >= 11 is 0. The molecule has 1 aromatic rings. The minimum atomic E-state index is -1.39. The third-order valence-electron chi connectivity index (χ3n) is 2.12. The lowest BCUT2D eigenvalue weighted by Crippen LogP contribution is -2.41. The van der Waals surface area contributed by atoms with E-state index in [1.807, 2.05) is 5.32 Å². The lowest BCUT2D eigenvalue weighted by molar-refractivity contribution is -0.139. The molecular weight excluding hydrogens is 244 g/mol. The van der Waals surface area contributed by atoms with Gasteiger partial charge in [-0.3, -0.25) is 4.79 Å². The van der Waals surface area contributed by atoms with Crippen LogP contribution in [0.5, 0.6) is 0 Å². The quantitative estimate of drug-likeness (QED) is 0.791. The number of halogens is 2. The molecule has 1 amide bonds. The van der Waals surface area contributed by atoms with Gasteiger partial charge in [-0.1, -0.05) is 6.07 Å². The van der Waals surface area contributed by atoms with Crippen LogP contribution < -0.4 is 5.32 Å². The van der Waals surface area contributed by atoms with E-state index in [2.05, 4.69) is 5.92 Å². The van der Waals surface area contributed by atoms with E-state index in [1.165, 1.54) is 0 Å². The van der Waals surface area contributed by atoms with Crippen LogP contribution in [0.15, 0.2) is 18.2 Å². The van der Waals surface area contributed by atoms with E-state index in [0.717, 1.165) is 18.2 Å². The first-order valence-corrected chi connectivity index (χ1v) is 4.88. The summed E-state index contributed by atoms with van der Waals surface area (Å²) in [5.74, 6) is -2.63. The molecular formula is C12H9F2NO3. The van der Waals surface area contributed by atoms with Gasteiger partial charge in [-0.05, 0) is 12.1 Å². The van der Waals surface area contributed by atoms with Gasteiger partial charge in [0.2, 0.25) is 0 Å². The number of carboxylic acid groups (broad SMARTS) is 1. The number of hydrogen-bond donors (Lipinski definition) is 2. The van der Waals surface area contributed by atoms with Crippen molar-refractivity contribution in [3.8, 4) is 12.3 Å². The second-order valence-corrected chi connectivity index (χ2v) is 3.37. The first kappa shape index (κ1) is 13.6. The van der Waals surface area contributed by atoms with E-state index < -0.39 is 35.1 Å². The fourth-order valence-electron chi connectivity index (χ4n) is 1.26. The topological polar surface area (TPSA) is 66.4 Å². The molecule has 0 fully saturated rings. The number of carboxylic acids is 1. The van der Waals surface area contributed by atoms with E-state index in [1.54, 1.807) is 0 Å². The van der Waals surface area contributed by atoms with Crippen molar-refractivity contribution in [2.24, 2.45) is 0 Å². The standard InChI is InChI=1S/C12H9F2NO3/c1-2-4-9(12(17)18)15-11(16)10-7(13)5-3-6-8(10)14/h1,3,5-6,9H,4H2,(H,15,16)(H,17,18). The Morgan fingerprint density at radius 3 is 2.39 bits per heavy atom. The van der Waals surface area contributed by atoms with Crippen LogP contribution >= 0.6 is 0 Å². The van der Waals surface area contributed by atoms with Crippen molar-refractivity contribution >= 4 is 11.9 Å². The van der Waals surface area contributed by atoms with Crippen LogP contribution in [0.2, 0.25) is 0 Å². The molecule has 2 N–H and O–H groups in total. The minimum Gasteiger partial charge on any atom is -0.480 e. The third-order valence-corrected chi connectivity index (χ3v) is 2.12. The lowest BCUT2D eigenvalue weighted by atomic mass is 10.1. The van der Waals surface area contributed by atoms with Crippen LogP contribution in [-0.2, 0) is 4.79 Å². The van der Waals surface area contributed by atoms with Crippen LogP contribution in [-0.4, -0.2) is 23.0 Å². The molecule has 0 saturated heterocycles. The maximum atomic E-state index is 13.2. The maximum Gasteiger partial charge on any atom is 0.327 e. The zero-order valence-corrected chi connectivity index (χ0v) is 9.11. The fraction of sp³-hybridized carbons (Fsp3) is 0.167. The Bertz CT molecular complexity index is 502. The Morgan fingerprint density at radius 1 is 1.39 bits per heavy atom. The molecule has 0 saturated carbocycles. The summed E-state index contributed by atoms with van der Waals surface area (Å²) < 4.78 is 26.5. The van der Waals surface area contributed by atoms with Crippen LogP contribution in [0.4, 0.5) is 8.78 Å². The monoisotopic (exact) mass is 253 g/mol. The number of aliphatic carboxylic acids is 1. The zero-order valence-electron chi connectivity index (χ0n) is 9.11. The SMILES string of the molecule is C#CCC(NC(=O)c1c(F)cccc1F)C(=O)O. The highest BCUT2D eigenvalue weighted by Crippen LogP contribution is 2.12. The number of amides is 1. The van der Waals surface area contributed by atoms with Gasteiger partial charge in [0.1, 0.15) is 23.2 Å². The highest BCUT2D eigenvalue weighted by Gasteiger charge is 2.23. The van der Waals surface area contributed by atoms with Crippen molar-refractivity contribution in [1.29, 1.82) is 0 Å². The van der Waals surface area contributed by atoms with Gasteiger partial charge in [-0.25, -0.2) is 13.6 Å². The molecule has 6 heteroatoms. The fourth-order valence-corrected chi connectivity index (χ4v) is 1.26. The van der Waals surface area contributed by atoms with E-state index in [4.69, 9.17) is 11.5 Å². The molecule has 1 aromatic carbocycles. The van der Waals surface area contributed by atoms with Gasteiger partial charge in [0, 0.05) is 6.42 Å². The summed E-state index contributed by atoms with van der Waals surface area (Å²) in [7, 11) is 0. The summed E-state index contributed by atoms with van der Waals surface area (Å²) in [5, 5.41) is 10.7. The Morgan fingerprint density at radius 2 is 1.94 bits per heavy atom. The summed E-state index contributed by atoms with van der Waals surface area (Å²) in [6, 6.07) is 1.50. The van der Waals surface area contributed by atoms with E-state index in [9.17, 15) is 18.4 Å². The second kappa shape index (κ2) is 5.77. The molecule has 4 nitrogen and oxygen atoms in total. The van der Waals surface area contributed by atoms with E-state index in [0.29, 0.717) is 0 Å². The normalized spacial score (nSPS) is 11.4. The van der Waals surface area contributed by atoms with Crippen molar-refractivity contribution in [1.82, 2.24) is 5.32 Å². The number of nitrogens with one attached hydrogen (secondary N) is 1. The average Bonchev–Trinajstić information content (AvgIpc) is 2.28. The Labute approximate surface area is 102 Å². The molecule has 18 heavy (non-hydrogen) atoms. The van der Waals surface area contributed by atoms with E-state index >= 15 is 0 Å². The molecule has 0 bridgehead atoms. The van der Waals surface area contributed by atoms with Crippen LogP contribution in [0.25, 0.3) is 0 Å². The average molecular weight is 253 g/mol. The highest BCUT2D eigenvalue weighted by molar-refractivity contribution is 5.97. The summed E-state index contributed by atoms with van der Waals surface area (Å²) in [6.45, 7) is 0. The number of benzene rings is 1. The Hall–Kier alpha value is -2.42. The van der Waals surface area contributed by atoms with Gasteiger partial charge in [-0.15, -0.1) is 12.3 Å². The van der Waals surface area contributed by atoms with Crippen molar-refractivity contribution in [3.63, 3.8) is 0 Å². The van der Waals surface area contributed by atoms with Crippen molar-refractivity contribution in [3.05, 3.63) is 35.4 Å². The highest BCUT2D eigenvalue weighted by atomic mass is 19.1. The van der Waals surface area contributed by atoms with Crippen molar-refractivity contribution < 1.29 is 23.5 Å². The van der Waals surface area contributed by atoms with Crippen LogP contribution in [0, 0.1) is 24.0 Å². The maximum absolute atomic E-state index is 13.2. The molecule has 0 aromatic heterocycles. The van der Waals surface area contributed by atoms with Gasteiger partial charge in [0.05, 0.1) is 0 Å². The molecule has 0 heterocycles.